The molecule has 0 saturated carbocycles. The second kappa shape index (κ2) is 17.0. The van der Waals surface area contributed by atoms with Gasteiger partial charge < -0.3 is 16.0 Å². The highest BCUT2D eigenvalue weighted by atomic mass is 32.1. The number of rotatable bonds is 7. The largest absolute Gasteiger partial charge is 0.354 e. The van der Waals surface area contributed by atoms with Crippen LogP contribution in [0.5, 0.6) is 0 Å². The Morgan fingerprint density at radius 1 is 0.894 bits per heavy atom. The van der Waals surface area contributed by atoms with Gasteiger partial charge in [-0.2, -0.15) is 5.10 Å². The molecule has 254 valence electrons. The number of fused-ring (bicyclic) bond motifs is 1. The summed E-state index contributed by atoms with van der Waals surface area (Å²) in [6.45, 7) is 12.0. The van der Waals surface area contributed by atoms with Crippen molar-refractivity contribution in [2.24, 2.45) is 5.92 Å². The summed E-state index contributed by atoms with van der Waals surface area (Å²) in [4.78, 5) is 51.0. The van der Waals surface area contributed by atoms with Gasteiger partial charge in [0.15, 0.2) is 5.82 Å². The second-order valence-electron chi connectivity index (χ2n) is 13.2. The minimum Gasteiger partial charge on any atom is -0.354 e. The van der Waals surface area contributed by atoms with E-state index in [1.165, 1.54) is 36.4 Å². The van der Waals surface area contributed by atoms with Crippen molar-refractivity contribution in [1.29, 1.82) is 0 Å². The molecule has 2 atom stereocenters. The van der Waals surface area contributed by atoms with Gasteiger partial charge in [0, 0.05) is 43.9 Å². The number of hydrogen-bond acceptors (Lipinski definition) is 8. The van der Waals surface area contributed by atoms with Crippen molar-refractivity contribution < 1.29 is 14.4 Å². The average Bonchev–Trinajstić information content (AvgIpc) is 3.80. The van der Waals surface area contributed by atoms with Gasteiger partial charge in [-0.15, -0.1) is 11.3 Å². The molecular formula is C35H50N8O3S. The van der Waals surface area contributed by atoms with E-state index < -0.39 is 12.1 Å². The van der Waals surface area contributed by atoms with Gasteiger partial charge in [0.25, 0.3) is 0 Å². The number of carbonyl (C=O) groups is 3. The van der Waals surface area contributed by atoms with Gasteiger partial charge in [-0.05, 0) is 80.7 Å². The maximum Gasteiger partial charge on any atom is 0.243 e. The molecule has 2 aliphatic rings. The minimum absolute atomic E-state index is 0.0121. The van der Waals surface area contributed by atoms with E-state index in [4.69, 9.17) is 0 Å². The molecule has 11 nitrogen and oxygen atoms in total. The van der Waals surface area contributed by atoms with Gasteiger partial charge in [-0.25, -0.2) is 9.67 Å². The Labute approximate surface area is 282 Å². The molecule has 3 amide bonds. The number of nitrogens with one attached hydrogen (secondary N) is 3. The van der Waals surface area contributed by atoms with Crippen molar-refractivity contribution >= 4 is 29.1 Å². The lowest BCUT2D eigenvalue weighted by molar-refractivity contribution is -0.129. The Morgan fingerprint density at radius 2 is 1.62 bits per heavy atom. The fourth-order valence-corrected chi connectivity index (χ4v) is 7.32. The zero-order valence-corrected chi connectivity index (χ0v) is 28.9. The summed E-state index contributed by atoms with van der Waals surface area (Å²) in [6, 6.07) is 10.8. The Bertz CT molecular complexity index is 1470. The number of thiophene rings is 1. The molecule has 47 heavy (non-hydrogen) atoms. The Hall–Kier alpha value is -3.61. The Morgan fingerprint density at radius 3 is 2.38 bits per heavy atom. The van der Waals surface area contributed by atoms with Crippen LogP contribution in [0.2, 0.25) is 0 Å². The van der Waals surface area contributed by atoms with Crippen molar-refractivity contribution in [2.45, 2.75) is 91.0 Å². The summed E-state index contributed by atoms with van der Waals surface area (Å²) in [6.07, 6.45) is 4.70. The molecule has 3 N–H and O–H groups in total. The Balaban J connectivity index is 1.32. The molecule has 5 rings (SSSR count). The molecule has 1 aromatic carbocycles. The molecule has 12 heteroatoms. The van der Waals surface area contributed by atoms with E-state index in [-0.39, 0.29) is 30.2 Å². The highest BCUT2D eigenvalue weighted by Gasteiger charge is 2.30. The fourth-order valence-electron chi connectivity index (χ4n) is 6.39. The zero-order chi connectivity index (χ0) is 33.2. The third-order valence-corrected chi connectivity index (χ3v) is 9.79. The van der Waals surface area contributed by atoms with Gasteiger partial charge in [0.2, 0.25) is 17.7 Å². The summed E-state index contributed by atoms with van der Waals surface area (Å²) in [5.41, 5.74) is 2.32. The van der Waals surface area contributed by atoms with Crippen LogP contribution in [0.3, 0.4) is 0 Å². The van der Waals surface area contributed by atoms with Crippen LogP contribution < -0.4 is 16.0 Å². The standard InChI is InChI=1S/C35H50N8O3S/c1-25(2)33-34-37-26(3)40-43(34)23-32(45)36-14-10-18-42(22-29-19-28(24-47-29)21-41-15-7-8-16-41)17-9-13-31(44)38-30(35(46)39-33)20-27-11-5-4-6-12-27/h4-6,11-12,19,24-25,30,33H,7-10,13-18,20-23H2,1-3H3,(H,36,45)(H,38,44)(H,39,46)/t30-,33+/m1/s1. The van der Waals surface area contributed by atoms with Crippen LogP contribution >= 0.6 is 11.3 Å². The smallest absolute Gasteiger partial charge is 0.243 e. The van der Waals surface area contributed by atoms with Gasteiger partial charge >= 0.3 is 0 Å². The summed E-state index contributed by atoms with van der Waals surface area (Å²) >= 11 is 1.79. The van der Waals surface area contributed by atoms with E-state index in [2.05, 4.69) is 47.3 Å². The summed E-state index contributed by atoms with van der Waals surface area (Å²) in [5, 5.41) is 16.0. The van der Waals surface area contributed by atoms with Gasteiger partial charge in [-0.1, -0.05) is 44.2 Å². The predicted octanol–water partition coefficient (Wildman–Crippen LogP) is 3.59. The second-order valence-corrected chi connectivity index (χ2v) is 14.2. The van der Waals surface area contributed by atoms with E-state index >= 15 is 0 Å². The van der Waals surface area contributed by atoms with Crippen LogP contribution in [0.25, 0.3) is 0 Å². The monoisotopic (exact) mass is 662 g/mol. The Kier molecular flexibility index (Phi) is 12.5. The number of nitrogens with zero attached hydrogens (tertiary/aromatic N) is 5. The molecule has 0 spiro atoms. The summed E-state index contributed by atoms with van der Waals surface area (Å²) < 4.78 is 1.59. The number of carbonyl (C=O) groups excluding carboxylic acids is 3. The molecular weight excluding hydrogens is 613 g/mol. The number of aryl methyl sites for hydroxylation is 1. The number of aromatic nitrogens is 3. The van der Waals surface area contributed by atoms with Crippen molar-refractivity contribution in [3.8, 4) is 0 Å². The highest BCUT2D eigenvalue weighted by Crippen LogP contribution is 2.22. The molecule has 3 aromatic rings. The van der Waals surface area contributed by atoms with E-state index in [1.54, 1.807) is 22.9 Å². The first-order valence-electron chi connectivity index (χ1n) is 17.1. The topological polar surface area (TPSA) is 124 Å². The molecule has 2 aliphatic heterocycles. The van der Waals surface area contributed by atoms with Crippen molar-refractivity contribution in [3.05, 3.63) is 69.4 Å². The van der Waals surface area contributed by atoms with Crippen LogP contribution in [0, 0.1) is 12.8 Å². The molecule has 0 aliphatic carbocycles. The molecule has 4 heterocycles. The van der Waals surface area contributed by atoms with Crippen molar-refractivity contribution in [1.82, 2.24) is 40.5 Å². The molecule has 0 radical (unpaired) electrons. The van der Waals surface area contributed by atoms with Crippen LogP contribution in [-0.4, -0.2) is 81.1 Å². The lowest BCUT2D eigenvalue weighted by atomic mass is 10.0. The molecule has 1 fully saturated rings. The molecule has 1 saturated heterocycles. The van der Waals surface area contributed by atoms with E-state index in [0.717, 1.165) is 38.2 Å². The highest BCUT2D eigenvalue weighted by molar-refractivity contribution is 7.10. The number of likely N-dealkylation sites (tertiary alicyclic amines) is 1. The van der Waals surface area contributed by atoms with E-state index in [9.17, 15) is 14.4 Å². The first-order chi connectivity index (χ1) is 22.7. The van der Waals surface area contributed by atoms with Crippen molar-refractivity contribution in [3.63, 3.8) is 0 Å². The molecule has 2 aromatic heterocycles. The third kappa shape index (κ3) is 10.4. The summed E-state index contributed by atoms with van der Waals surface area (Å²) in [5.74, 6) is 0.449. The van der Waals surface area contributed by atoms with E-state index in [0.29, 0.717) is 37.5 Å². The van der Waals surface area contributed by atoms with Gasteiger partial charge in [0.1, 0.15) is 18.4 Å². The number of amides is 3. The lowest BCUT2D eigenvalue weighted by Gasteiger charge is -2.26. The van der Waals surface area contributed by atoms with Crippen LogP contribution in [0.15, 0.2) is 41.8 Å². The van der Waals surface area contributed by atoms with Gasteiger partial charge in [0.05, 0.1) is 6.04 Å². The maximum absolute atomic E-state index is 13.8. The summed E-state index contributed by atoms with van der Waals surface area (Å²) in [7, 11) is 0. The molecule has 0 bridgehead atoms. The minimum atomic E-state index is -0.762. The predicted molar refractivity (Wildman–Crippen MR) is 184 cm³/mol. The van der Waals surface area contributed by atoms with Crippen LogP contribution in [0.1, 0.15) is 79.6 Å². The van der Waals surface area contributed by atoms with Crippen LogP contribution in [0.4, 0.5) is 0 Å². The number of benzene rings is 1. The fraction of sp³-hybridized carbons (Fsp3) is 0.571. The quantitative estimate of drug-likeness (QED) is 0.353. The molecule has 0 unspecified atom stereocenters. The number of hydrogen-bond donors (Lipinski definition) is 3. The third-order valence-electron chi connectivity index (χ3n) is 8.82. The van der Waals surface area contributed by atoms with Crippen molar-refractivity contribution in [2.75, 3.05) is 32.7 Å². The normalized spacial score (nSPS) is 21.5. The first kappa shape index (κ1) is 34.7. The SMILES string of the molecule is Cc1nc2n(n1)CC(=O)NCCCN(Cc1cc(CN3CCCC3)cs1)CCCC(=O)N[C@H](Cc1ccccc1)C(=O)N[C@H]2C(C)C. The van der Waals surface area contributed by atoms with Crippen LogP contribution in [-0.2, 0) is 40.4 Å². The van der Waals surface area contributed by atoms with E-state index in [1.807, 2.05) is 44.2 Å². The van der Waals surface area contributed by atoms with Gasteiger partial charge in [-0.3, -0.25) is 24.2 Å². The maximum atomic E-state index is 13.8. The average molecular weight is 663 g/mol. The first-order valence-corrected chi connectivity index (χ1v) is 17.9. The zero-order valence-electron chi connectivity index (χ0n) is 28.0. The lowest BCUT2D eigenvalue weighted by Crippen LogP contribution is -2.50.